The minimum Gasteiger partial charge on any atom is -0.338 e. The molecule has 0 aromatic carbocycles. The van der Waals surface area contributed by atoms with Crippen LogP contribution in [0.4, 0.5) is 0 Å². The zero-order valence-corrected chi connectivity index (χ0v) is 11.9. The third kappa shape index (κ3) is 3.84. The van der Waals surface area contributed by atoms with Crippen molar-refractivity contribution in [1.29, 1.82) is 0 Å². The van der Waals surface area contributed by atoms with Gasteiger partial charge in [0.2, 0.25) is 0 Å². The van der Waals surface area contributed by atoms with E-state index in [0.717, 1.165) is 18.9 Å². The predicted molar refractivity (Wildman–Crippen MR) is 75.6 cm³/mol. The lowest BCUT2D eigenvalue weighted by Gasteiger charge is -2.21. The van der Waals surface area contributed by atoms with Gasteiger partial charge in [-0.15, -0.1) is 0 Å². The molecular formula is C15H27N3. The summed E-state index contributed by atoms with van der Waals surface area (Å²) in [6.45, 7) is 3.29. The van der Waals surface area contributed by atoms with Gasteiger partial charge >= 0.3 is 0 Å². The van der Waals surface area contributed by atoms with E-state index in [2.05, 4.69) is 28.8 Å². The quantitative estimate of drug-likeness (QED) is 0.805. The molecule has 3 heteroatoms. The zero-order chi connectivity index (χ0) is 12.8. The summed E-state index contributed by atoms with van der Waals surface area (Å²) in [5, 5.41) is 3.65. The largest absolute Gasteiger partial charge is 0.338 e. The average molecular weight is 249 g/mol. The van der Waals surface area contributed by atoms with Gasteiger partial charge in [0.15, 0.2) is 0 Å². The number of nitrogens with one attached hydrogen (secondary N) is 1. The fourth-order valence-corrected chi connectivity index (χ4v) is 3.18. The number of imidazole rings is 1. The van der Waals surface area contributed by atoms with E-state index in [1.165, 1.54) is 44.3 Å². The second kappa shape index (κ2) is 6.93. The Morgan fingerprint density at radius 3 is 2.83 bits per heavy atom. The van der Waals surface area contributed by atoms with Crippen LogP contribution in [0.15, 0.2) is 12.4 Å². The van der Waals surface area contributed by atoms with Crippen molar-refractivity contribution in [2.24, 2.45) is 13.0 Å². The highest BCUT2D eigenvalue weighted by Gasteiger charge is 2.19. The van der Waals surface area contributed by atoms with E-state index in [1.54, 1.807) is 0 Å². The number of hydrogen-bond donors (Lipinski definition) is 1. The van der Waals surface area contributed by atoms with Crippen LogP contribution in [0.3, 0.4) is 0 Å². The fraction of sp³-hybridized carbons (Fsp3) is 0.800. The molecular weight excluding hydrogens is 222 g/mol. The maximum Gasteiger partial charge on any atom is 0.108 e. The van der Waals surface area contributed by atoms with E-state index in [0.29, 0.717) is 6.04 Å². The van der Waals surface area contributed by atoms with E-state index in [1.807, 2.05) is 12.4 Å². The van der Waals surface area contributed by atoms with Crippen molar-refractivity contribution in [3.8, 4) is 0 Å². The first-order chi connectivity index (χ1) is 8.79. The number of aromatic nitrogens is 2. The van der Waals surface area contributed by atoms with Gasteiger partial charge in [-0.1, -0.05) is 32.6 Å². The van der Waals surface area contributed by atoms with Crippen molar-refractivity contribution in [1.82, 2.24) is 14.9 Å². The van der Waals surface area contributed by atoms with Crippen molar-refractivity contribution >= 4 is 0 Å². The molecule has 0 radical (unpaired) electrons. The van der Waals surface area contributed by atoms with Gasteiger partial charge in [0.05, 0.1) is 0 Å². The molecule has 1 N–H and O–H groups in total. The normalized spacial score (nSPS) is 18.3. The summed E-state index contributed by atoms with van der Waals surface area (Å²) in [5.74, 6) is 2.18. The van der Waals surface area contributed by atoms with Gasteiger partial charge in [0, 0.05) is 31.9 Å². The highest BCUT2D eigenvalue weighted by Crippen LogP contribution is 2.29. The second-order valence-electron chi connectivity index (χ2n) is 5.63. The van der Waals surface area contributed by atoms with Crippen molar-refractivity contribution in [2.75, 3.05) is 6.54 Å². The lowest BCUT2D eigenvalue weighted by atomic mass is 9.95. The molecule has 1 aliphatic carbocycles. The lowest BCUT2D eigenvalue weighted by Crippen LogP contribution is -2.31. The Balaban J connectivity index is 1.79. The number of rotatable bonds is 7. The maximum absolute atomic E-state index is 4.41. The molecule has 1 unspecified atom stereocenters. The molecule has 2 rings (SSSR count). The van der Waals surface area contributed by atoms with Gasteiger partial charge in [0.25, 0.3) is 0 Å². The molecule has 1 heterocycles. The Morgan fingerprint density at radius 1 is 1.44 bits per heavy atom. The molecule has 1 atom stereocenters. The molecule has 102 valence electrons. The lowest BCUT2D eigenvalue weighted by molar-refractivity contribution is 0.373. The van der Waals surface area contributed by atoms with Crippen LogP contribution in [0.5, 0.6) is 0 Å². The van der Waals surface area contributed by atoms with Gasteiger partial charge < -0.3 is 9.88 Å². The smallest absolute Gasteiger partial charge is 0.108 e. The van der Waals surface area contributed by atoms with Gasteiger partial charge in [-0.2, -0.15) is 0 Å². The number of nitrogens with zero attached hydrogens (tertiary/aromatic N) is 2. The third-order valence-electron chi connectivity index (χ3n) is 4.22. The molecule has 1 fully saturated rings. The van der Waals surface area contributed by atoms with Crippen molar-refractivity contribution in [3.63, 3.8) is 0 Å². The summed E-state index contributed by atoms with van der Waals surface area (Å²) in [6, 6.07) is 0.676. The Labute approximate surface area is 111 Å². The summed E-state index contributed by atoms with van der Waals surface area (Å²) >= 11 is 0. The predicted octanol–water partition coefficient (Wildman–Crippen LogP) is 2.91. The first-order valence-electron chi connectivity index (χ1n) is 7.49. The SMILES string of the molecule is CCNC(CCc1nccn1C)CC1CCCC1. The minimum absolute atomic E-state index is 0.676. The van der Waals surface area contributed by atoms with Gasteiger partial charge in [0.1, 0.15) is 5.82 Å². The molecule has 1 aliphatic rings. The Bertz CT molecular complexity index is 339. The van der Waals surface area contributed by atoms with E-state index in [4.69, 9.17) is 0 Å². The van der Waals surface area contributed by atoms with Crippen molar-refractivity contribution in [3.05, 3.63) is 18.2 Å². The Kier molecular flexibility index (Phi) is 5.24. The van der Waals surface area contributed by atoms with Gasteiger partial charge in [-0.05, 0) is 25.3 Å². The van der Waals surface area contributed by atoms with Crippen molar-refractivity contribution < 1.29 is 0 Å². The fourth-order valence-electron chi connectivity index (χ4n) is 3.18. The maximum atomic E-state index is 4.41. The molecule has 0 aliphatic heterocycles. The average Bonchev–Trinajstić information content (AvgIpc) is 2.98. The first-order valence-corrected chi connectivity index (χ1v) is 7.49. The summed E-state index contributed by atoms with van der Waals surface area (Å²) < 4.78 is 2.14. The summed E-state index contributed by atoms with van der Waals surface area (Å²) in [6.07, 6.45) is 13.4. The Hall–Kier alpha value is -0.830. The molecule has 1 aromatic heterocycles. The van der Waals surface area contributed by atoms with Crippen LogP contribution in [-0.4, -0.2) is 22.1 Å². The third-order valence-corrected chi connectivity index (χ3v) is 4.22. The molecule has 3 nitrogen and oxygen atoms in total. The highest BCUT2D eigenvalue weighted by atomic mass is 15.0. The van der Waals surface area contributed by atoms with Crippen molar-refractivity contribution in [2.45, 2.75) is 57.9 Å². The molecule has 0 amide bonds. The molecule has 1 aromatic rings. The topological polar surface area (TPSA) is 29.9 Å². The molecule has 0 saturated heterocycles. The highest BCUT2D eigenvalue weighted by molar-refractivity contribution is 4.92. The number of aryl methyl sites for hydroxylation is 2. The number of hydrogen-bond acceptors (Lipinski definition) is 2. The summed E-state index contributed by atoms with van der Waals surface area (Å²) in [4.78, 5) is 4.41. The van der Waals surface area contributed by atoms with E-state index in [9.17, 15) is 0 Å². The molecule has 0 bridgehead atoms. The second-order valence-corrected chi connectivity index (χ2v) is 5.63. The van der Waals surface area contributed by atoms with Crippen LogP contribution in [0.1, 0.15) is 51.3 Å². The monoisotopic (exact) mass is 249 g/mol. The Morgan fingerprint density at radius 2 is 2.22 bits per heavy atom. The van der Waals surface area contributed by atoms with E-state index < -0.39 is 0 Å². The van der Waals surface area contributed by atoms with E-state index >= 15 is 0 Å². The standard InChI is InChI=1S/C15H27N3/c1-3-16-14(12-13-6-4-5-7-13)8-9-15-17-10-11-18(15)2/h10-11,13-14,16H,3-9,12H2,1-2H3. The van der Waals surface area contributed by atoms with Crippen LogP contribution in [0.25, 0.3) is 0 Å². The van der Waals surface area contributed by atoms with E-state index in [-0.39, 0.29) is 0 Å². The zero-order valence-electron chi connectivity index (χ0n) is 11.9. The van der Waals surface area contributed by atoms with Gasteiger partial charge in [-0.3, -0.25) is 0 Å². The minimum atomic E-state index is 0.676. The van der Waals surface area contributed by atoms with Crippen LogP contribution in [0, 0.1) is 5.92 Å². The molecule has 1 saturated carbocycles. The first kappa shape index (κ1) is 13.6. The van der Waals surface area contributed by atoms with Gasteiger partial charge in [-0.25, -0.2) is 4.98 Å². The summed E-state index contributed by atoms with van der Waals surface area (Å²) in [5.41, 5.74) is 0. The van der Waals surface area contributed by atoms with Crippen LogP contribution in [-0.2, 0) is 13.5 Å². The van der Waals surface area contributed by atoms with Crippen LogP contribution < -0.4 is 5.32 Å². The summed E-state index contributed by atoms with van der Waals surface area (Å²) in [7, 11) is 2.08. The van der Waals surface area contributed by atoms with Crippen LogP contribution >= 0.6 is 0 Å². The molecule has 0 spiro atoms. The van der Waals surface area contributed by atoms with Crippen LogP contribution in [0.2, 0.25) is 0 Å². The molecule has 18 heavy (non-hydrogen) atoms.